The molecule has 2 aliphatic rings. The van der Waals surface area contributed by atoms with Crippen molar-refractivity contribution in [1.29, 1.82) is 0 Å². The fraction of sp³-hybridized carbons (Fsp3) is 0.429. The van der Waals surface area contributed by atoms with Crippen molar-refractivity contribution in [1.82, 2.24) is 0 Å². The lowest BCUT2D eigenvalue weighted by atomic mass is 9.87. The second-order valence-electron chi connectivity index (χ2n) is 7.48. The van der Waals surface area contributed by atoms with Crippen LogP contribution in [0, 0.1) is 0 Å². The standard InChI is InChI=1S/C21H23ClO7/c22-15-3-2-14(21(27)20(26)19(25)18(24)17(10-23)29-21)9-13(15)8-11-1-4-16-12(7-11)5-6-28-16/h1-4,7,9,17-20,23-27H,5-6,8,10H2/t17-,18-,19+,20-,21?/m1/s1. The van der Waals surface area contributed by atoms with Crippen LogP contribution in [-0.2, 0) is 23.4 Å². The highest BCUT2D eigenvalue weighted by Gasteiger charge is 2.53. The monoisotopic (exact) mass is 422 g/mol. The molecule has 4 rings (SSSR count). The van der Waals surface area contributed by atoms with Gasteiger partial charge >= 0.3 is 0 Å². The third-order valence-electron chi connectivity index (χ3n) is 5.57. The Morgan fingerprint density at radius 2 is 1.86 bits per heavy atom. The number of aliphatic hydroxyl groups excluding tert-OH is 4. The fourth-order valence-corrected chi connectivity index (χ4v) is 4.08. The van der Waals surface area contributed by atoms with Crippen LogP contribution in [0.3, 0.4) is 0 Å². The average Bonchev–Trinajstić information content (AvgIpc) is 3.18. The van der Waals surface area contributed by atoms with E-state index in [9.17, 15) is 25.5 Å². The van der Waals surface area contributed by atoms with Crippen molar-refractivity contribution in [2.75, 3.05) is 13.2 Å². The van der Waals surface area contributed by atoms with E-state index in [4.69, 9.17) is 21.1 Å². The van der Waals surface area contributed by atoms with Crippen molar-refractivity contribution in [2.45, 2.75) is 43.0 Å². The first-order valence-corrected chi connectivity index (χ1v) is 9.80. The maximum atomic E-state index is 11.0. The summed E-state index contributed by atoms with van der Waals surface area (Å²) >= 11 is 6.35. The van der Waals surface area contributed by atoms with Gasteiger partial charge in [-0.2, -0.15) is 0 Å². The van der Waals surface area contributed by atoms with E-state index in [0.29, 0.717) is 23.6 Å². The number of rotatable bonds is 4. The zero-order valence-electron chi connectivity index (χ0n) is 15.5. The minimum atomic E-state index is -2.31. The summed E-state index contributed by atoms with van der Waals surface area (Å²) in [6.07, 6.45) is -4.97. The lowest BCUT2D eigenvalue weighted by Gasteiger charge is -2.45. The molecular formula is C21H23ClO7. The summed E-state index contributed by atoms with van der Waals surface area (Å²) in [6.45, 7) is 0.0301. The van der Waals surface area contributed by atoms with Gasteiger partial charge in [0.15, 0.2) is 0 Å². The van der Waals surface area contributed by atoms with E-state index in [2.05, 4.69) is 0 Å². The van der Waals surface area contributed by atoms with Gasteiger partial charge in [0.2, 0.25) is 5.79 Å². The molecule has 2 heterocycles. The van der Waals surface area contributed by atoms with Gasteiger partial charge in [0.25, 0.3) is 0 Å². The molecule has 1 saturated heterocycles. The molecule has 1 fully saturated rings. The van der Waals surface area contributed by atoms with Gasteiger partial charge in [-0.05, 0) is 41.3 Å². The number of halogens is 1. The van der Waals surface area contributed by atoms with Gasteiger partial charge in [-0.3, -0.25) is 0 Å². The number of benzene rings is 2. The first kappa shape index (κ1) is 20.6. The topological polar surface area (TPSA) is 120 Å². The average molecular weight is 423 g/mol. The number of ether oxygens (including phenoxy) is 2. The van der Waals surface area contributed by atoms with E-state index in [1.807, 2.05) is 18.2 Å². The normalized spacial score (nSPS) is 31.4. The van der Waals surface area contributed by atoms with Crippen LogP contribution >= 0.6 is 11.6 Å². The Kier molecular flexibility index (Phi) is 5.56. The van der Waals surface area contributed by atoms with Gasteiger partial charge in [-0.15, -0.1) is 0 Å². The summed E-state index contributed by atoms with van der Waals surface area (Å²) < 4.78 is 10.9. The van der Waals surface area contributed by atoms with E-state index in [-0.39, 0.29) is 5.56 Å². The molecule has 7 nitrogen and oxygen atoms in total. The molecule has 8 heteroatoms. The van der Waals surface area contributed by atoms with Gasteiger partial charge in [0, 0.05) is 17.0 Å². The molecule has 0 bridgehead atoms. The van der Waals surface area contributed by atoms with Crippen molar-refractivity contribution in [3.05, 3.63) is 63.7 Å². The summed E-state index contributed by atoms with van der Waals surface area (Å²) in [6, 6.07) is 10.5. The molecule has 0 spiro atoms. The Morgan fingerprint density at radius 1 is 1.07 bits per heavy atom. The lowest BCUT2D eigenvalue weighted by molar-refractivity contribution is -0.357. The Balaban J connectivity index is 1.65. The van der Waals surface area contributed by atoms with Gasteiger partial charge in [0.1, 0.15) is 30.2 Å². The number of hydrogen-bond donors (Lipinski definition) is 5. The molecule has 0 amide bonds. The van der Waals surface area contributed by atoms with E-state index in [1.165, 1.54) is 6.07 Å². The predicted octanol–water partition coefficient (Wildman–Crippen LogP) is 0.485. The van der Waals surface area contributed by atoms with E-state index < -0.39 is 36.8 Å². The van der Waals surface area contributed by atoms with Crippen LogP contribution in [0.15, 0.2) is 36.4 Å². The SMILES string of the molecule is OC[C@H]1OC(O)(c2ccc(Cl)c(Cc3ccc4c(c3)CCO4)c2)[C@H](O)[C@@H](O)[C@@H]1O. The van der Waals surface area contributed by atoms with Crippen LogP contribution < -0.4 is 4.74 Å². The van der Waals surface area contributed by atoms with Crippen molar-refractivity contribution in [3.8, 4) is 5.75 Å². The molecule has 2 aromatic rings. The smallest absolute Gasteiger partial charge is 0.222 e. The zero-order valence-corrected chi connectivity index (χ0v) is 16.3. The summed E-state index contributed by atoms with van der Waals surface area (Å²) in [7, 11) is 0. The lowest BCUT2D eigenvalue weighted by Crippen LogP contribution is -2.63. The Labute approximate surface area is 172 Å². The summed E-state index contributed by atoms with van der Waals surface area (Å²) in [4.78, 5) is 0. The number of hydrogen-bond acceptors (Lipinski definition) is 7. The predicted molar refractivity (Wildman–Crippen MR) is 104 cm³/mol. The molecule has 2 aromatic carbocycles. The maximum Gasteiger partial charge on any atom is 0.222 e. The van der Waals surface area contributed by atoms with Crippen molar-refractivity contribution < 1.29 is 35.0 Å². The number of fused-ring (bicyclic) bond motifs is 1. The maximum absolute atomic E-state index is 11.0. The van der Waals surface area contributed by atoms with E-state index >= 15 is 0 Å². The van der Waals surface area contributed by atoms with Crippen molar-refractivity contribution in [3.63, 3.8) is 0 Å². The van der Waals surface area contributed by atoms with Gasteiger partial charge < -0.3 is 35.0 Å². The first-order valence-electron chi connectivity index (χ1n) is 9.42. The minimum Gasteiger partial charge on any atom is -0.493 e. The largest absolute Gasteiger partial charge is 0.493 e. The third kappa shape index (κ3) is 3.64. The van der Waals surface area contributed by atoms with Crippen LogP contribution in [0.1, 0.15) is 22.3 Å². The molecule has 0 radical (unpaired) electrons. The molecule has 0 saturated carbocycles. The molecule has 0 aromatic heterocycles. The Hall–Kier alpha value is -1.71. The first-order chi connectivity index (χ1) is 13.8. The quantitative estimate of drug-likeness (QED) is 0.486. The van der Waals surface area contributed by atoms with E-state index in [1.54, 1.807) is 12.1 Å². The van der Waals surface area contributed by atoms with Crippen molar-refractivity contribution >= 4 is 11.6 Å². The molecular weight excluding hydrogens is 400 g/mol. The second kappa shape index (κ2) is 7.85. The van der Waals surface area contributed by atoms with Crippen LogP contribution in [-0.4, -0.2) is 63.2 Å². The van der Waals surface area contributed by atoms with E-state index in [0.717, 1.165) is 23.3 Å². The summed E-state index contributed by atoms with van der Waals surface area (Å²) in [5.74, 6) is -1.43. The molecule has 2 aliphatic heterocycles. The van der Waals surface area contributed by atoms with Gasteiger partial charge in [-0.25, -0.2) is 0 Å². The van der Waals surface area contributed by atoms with Crippen LogP contribution in [0.4, 0.5) is 0 Å². The van der Waals surface area contributed by atoms with Crippen LogP contribution in [0.25, 0.3) is 0 Å². The van der Waals surface area contributed by atoms with Gasteiger partial charge in [0.05, 0.1) is 13.2 Å². The van der Waals surface area contributed by atoms with Crippen LogP contribution in [0.5, 0.6) is 5.75 Å². The zero-order chi connectivity index (χ0) is 20.8. The Morgan fingerprint density at radius 3 is 2.62 bits per heavy atom. The second-order valence-corrected chi connectivity index (χ2v) is 7.89. The molecule has 156 valence electrons. The minimum absolute atomic E-state index is 0.165. The molecule has 5 atom stereocenters. The highest BCUT2D eigenvalue weighted by molar-refractivity contribution is 6.31. The molecule has 5 N–H and O–H groups in total. The van der Waals surface area contributed by atoms with Gasteiger partial charge in [-0.1, -0.05) is 29.8 Å². The van der Waals surface area contributed by atoms with Crippen LogP contribution in [0.2, 0.25) is 5.02 Å². The number of aliphatic hydroxyl groups is 5. The molecule has 0 aliphatic carbocycles. The highest BCUT2D eigenvalue weighted by atomic mass is 35.5. The van der Waals surface area contributed by atoms with Crippen molar-refractivity contribution in [2.24, 2.45) is 0 Å². The Bertz CT molecular complexity index is 903. The summed E-state index contributed by atoms with van der Waals surface area (Å²) in [5, 5.41) is 51.3. The molecule has 29 heavy (non-hydrogen) atoms. The molecule has 1 unspecified atom stereocenters. The third-order valence-corrected chi connectivity index (χ3v) is 5.94. The summed E-state index contributed by atoms with van der Waals surface area (Å²) in [5.41, 5.74) is 2.99. The fourth-order valence-electron chi connectivity index (χ4n) is 3.90. The highest BCUT2D eigenvalue weighted by Crippen LogP contribution is 2.38.